The third-order valence-corrected chi connectivity index (χ3v) is 4.80. The summed E-state index contributed by atoms with van der Waals surface area (Å²) in [5.74, 6) is 0.510. The van der Waals surface area contributed by atoms with E-state index >= 15 is 0 Å². The van der Waals surface area contributed by atoms with Gasteiger partial charge in [-0.1, -0.05) is 31.0 Å². The lowest BCUT2D eigenvalue weighted by Crippen LogP contribution is -2.37. The summed E-state index contributed by atoms with van der Waals surface area (Å²) in [4.78, 5) is 2.38. The third-order valence-electron chi connectivity index (χ3n) is 4.80. The Labute approximate surface area is 114 Å². The van der Waals surface area contributed by atoms with Gasteiger partial charge < -0.3 is 5.11 Å². The molecule has 3 heteroatoms. The molecule has 3 unspecified atom stereocenters. The van der Waals surface area contributed by atoms with Crippen LogP contribution in [-0.4, -0.2) is 29.1 Å². The second-order valence-corrected chi connectivity index (χ2v) is 5.93. The van der Waals surface area contributed by atoms with Gasteiger partial charge in [-0.3, -0.25) is 4.90 Å². The van der Waals surface area contributed by atoms with E-state index < -0.39 is 6.10 Å². The van der Waals surface area contributed by atoms with Crippen molar-refractivity contribution in [1.29, 1.82) is 0 Å². The van der Waals surface area contributed by atoms with E-state index in [1.807, 2.05) is 0 Å². The number of aliphatic hydroxyl groups is 1. The lowest BCUT2D eigenvalue weighted by Gasteiger charge is -2.32. The summed E-state index contributed by atoms with van der Waals surface area (Å²) in [7, 11) is 0. The molecular weight excluding hydrogens is 241 g/mol. The van der Waals surface area contributed by atoms with Crippen LogP contribution < -0.4 is 0 Å². The Morgan fingerprint density at radius 1 is 1.21 bits per heavy atom. The molecule has 0 radical (unpaired) electrons. The molecule has 1 saturated heterocycles. The summed E-state index contributed by atoms with van der Waals surface area (Å²) in [6, 6.07) is 7.18. The number of nitrogens with zero attached hydrogens (tertiary/aromatic N) is 1. The van der Waals surface area contributed by atoms with Gasteiger partial charge >= 0.3 is 0 Å². The van der Waals surface area contributed by atoms with Crippen LogP contribution in [0.5, 0.6) is 0 Å². The van der Waals surface area contributed by atoms with Gasteiger partial charge in [0.15, 0.2) is 0 Å². The number of halogens is 1. The first-order valence-electron chi connectivity index (χ1n) is 7.42. The highest BCUT2D eigenvalue weighted by Crippen LogP contribution is 2.37. The molecule has 104 valence electrons. The molecule has 3 atom stereocenters. The Hall–Kier alpha value is -0.930. The summed E-state index contributed by atoms with van der Waals surface area (Å²) in [6.07, 6.45) is 5.76. The number of β-amino-alcohol motifs (C(OH)–C–C–N with tert-alkyl or cyclic N) is 1. The normalized spacial score (nSPS) is 29.2. The van der Waals surface area contributed by atoms with Gasteiger partial charge in [-0.25, -0.2) is 4.39 Å². The number of likely N-dealkylation sites (tertiary alicyclic amines) is 1. The fourth-order valence-corrected chi connectivity index (χ4v) is 3.80. The van der Waals surface area contributed by atoms with Crippen LogP contribution in [-0.2, 0) is 0 Å². The first kappa shape index (κ1) is 13.1. The van der Waals surface area contributed by atoms with Crippen LogP contribution >= 0.6 is 0 Å². The fourth-order valence-electron chi connectivity index (χ4n) is 3.80. The van der Waals surface area contributed by atoms with Gasteiger partial charge in [0.2, 0.25) is 0 Å². The third kappa shape index (κ3) is 2.67. The van der Waals surface area contributed by atoms with Crippen LogP contribution in [0, 0.1) is 11.7 Å². The van der Waals surface area contributed by atoms with E-state index in [0.717, 1.165) is 12.5 Å². The fraction of sp³-hybridized carbons (Fsp3) is 0.625. The van der Waals surface area contributed by atoms with E-state index in [2.05, 4.69) is 4.90 Å². The Balaban J connectivity index is 1.67. The van der Waals surface area contributed by atoms with Crippen LogP contribution in [0.25, 0.3) is 0 Å². The lowest BCUT2D eigenvalue weighted by molar-refractivity contribution is 0.0871. The molecule has 1 N–H and O–H groups in total. The van der Waals surface area contributed by atoms with Gasteiger partial charge in [-0.05, 0) is 37.8 Å². The van der Waals surface area contributed by atoms with Gasteiger partial charge in [-0.2, -0.15) is 0 Å². The average molecular weight is 263 g/mol. The van der Waals surface area contributed by atoms with Crippen molar-refractivity contribution in [3.63, 3.8) is 0 Å². The quantitative estimate of drug-likeness (QED) is 0.905. The first-order chi connectivity index (χ1) is 9.25. The van der Waals surface area contributed by atoms with Crippen LogP contribution in [0.1, 0.15) is 43.8 Å². The predicted octanol–water partition coefficient (Wildman–Crippen LogP) is 3.12. The summed E-state index contributed by atoms with van der Waals surface area (Å²) in [5, 5.41) is 10.3. The van der Waals surface area contributed by atoms with E-state index in [1.54, 1.807) is 18.2 Å². The number of aliphatic hydroxyl groups excluding tert-OH is 1. The van der Waals surface area contributed by atoms with Gasteiger partial charge in [0.25, 0.3) is 0 Å². The van der Waals surface area contributed by atoms with Crippen molar-refractivity contribution in [2.45, 2.75) is 44.2 Å². The van der Waals surface area contributed by atoms with Crippen LogP contribution in [0.2, 0.25) is 0 Å². The molecule has 2 fully saturated rings. The zero-order chi connectivity index (χ0) is 13.2. The Bertz CT molecular complexity index is 437. The number of benzene rings is 1. The van der Waals surface area contributed by atoms with Crippen molar-refractivity contribution < 1.29 is 9.50 Å². The molecule has 2 nitrogen and oxygen atoms in total. The Morgan fingerprint density at radius 3 is 2.84 bits per heavy atom. The molecule has 1 aliphatic carbocycles. The summed E-state index contributed by atoms with van der Waals surface area (Å²) in [6.45, 7) is 1.63. The van der Waals surface area contributed by atoms with Gasteiger partial charge in [-0.15, -0.1) is 0 Å². The molecule has 1 saturated carbocycles. The van der Waals surface area contributed by atoms with Crippen LogP contribution in [0.4, 0.5) is 4.39 Å². The number of hydrogen-bond acceptors (Lipinski definition) is 2. The molecule has 19 heavy (non-hydrogen) atoms. The zero-order valence-corrected chi connectivity index (χ0v) is 11.3. The molecule has 0 bridgehead atoms. The Kier molecular flexibility index (Phi) is 3.85. The second-order valence-electron chi connectivity index (χ2n) is 5.93. The minimum absolute atomic E-state index is 0.297. The van der Waals surface area contributed by atoms with Gasteiger partial charge in [0.05, 0.1) is 6.10 Å². The second kappa shape index (κ2) is 5.59. The van der Waals surface area contributed by atoms with Gasteiger partial charge in [0.1, 0.15) is 5.82 Å². The minimum Gasteiger partial charge on any atom is -0.387 e. The van der Waals surface area contributed by atoms with E-state index in [4.69, 9.17) is 0 Å². The molecular formula is C16H22FNO. The first-order valence-corrected chi connectivity index (χ1v) is 7.42. The van der Waals surface area contributed by atoms with Gasteiger partial charge in [0, 0.05) is 18.2 Å². The van der Waals surface area contributed by atoms with E-state index in [9.17, 15) is 9.50 Å². The van der Waals surface area contributed by atoms with E-state index in [-0.39, 0.29) is 5.82 Å². The van der Waals surface area contributed by atoms with Crippen molar-refractivity contribution in [3.8, 4) is 0 Å². The van der Waals surface area contributed by atoms with Crippen molar-refractivity contribution in [3.05, 3.63) is 35.6 Å². The maximum absolute atomic E-state index is 13.7. The maximum atomic E-state index is 13.7. The molecule has 0 aromatic heterocycles. The van der Waals surface area contributed by atoms with E-state index in [1.165, 1.54) is 38.2 Å². The highest BCUT2D eigenvalue weighted by atomic mass is 19.1. The smallest absolute Gasteiger partial charge is 0.129 e. The minimum atomic E-state index is -0.707. The average Bonchev–Trinajstić information content (AvgIpc) is 2.83. The van der Waals surface area contributed by atoms with Crippen LogP contribution in [0.3, 0.4) is 0 Å². The number of rotatable bonds is 3. The lowest BCUT2D eigenvalue weighted by atomic mass is 9.85. The molecule has 1 aliphatic heterocycles. The molecule has 2 aliphatic rings. The maximum Gasteiger partial charge on any atom is 0.129 e. The monoisotopic (exact) mass is 263 g/mol. The molecule has 1 aromatic carbocycles. The highest BCUT2D eigenvalue weighted by Gasteiger charge is 2.36. The highest BCUT2D eigenvalue weighted by molar-refractivity contribution is 5.20. The van der Waals surface area contributed by atoms with Crippen molar-refractivity contribution in [1.82, 2.24) is 4.90 Å². The topological polar surface area (TPSA) is 23.5 Å². The van der Waals surface area contributed by atoms with Crippen molar-refractivity contribution in [2.24, 2.45) is 5.92 Å². The largest absolute Gasteiger partial charge is 0.387 e. The van der Waals surface area contributed by atoms with E-state index in [0.29, 0.717) is 18.2 Å². The predicted molar refractivity (Wildman–Crippen MR) is 73.3 cm³/mol. The Morgan fingerprint density at radius 2 is 2.00 bits per heavy atom. The molecule has 0 spiro atoms. The standard InChI is InChI=1S/C16H22FNO/c17-14-7-3-2-6-13(14)16(19)11-18-10-9-12-5-1-4-8-15(12)18/h2-3,6-7,12,15-16,19H,1,4-5,8-11H2. The number of hydrogen-bond donors (Lipinski definition) is 1. The molecule has 1 aromatic rings. The molecule has 3 rings (SSSR count). The number of fused-ring (bicyclic) bond motifs is 1. The van der Waals surface area contributed by atoms with Crippen molar-refractivity contribution in [2.75, 3.05) is 13.1 Å². The molecule has 0 amide bonds. The molecule has 1 heterocycles. The zero-order valence-electron chi connectivity index (χ0n) is 11.3. The summed E-state index contributed by atoms with van der Waals surface area (Å²) >= 11 is 0. The van der Waals surface area contributed by atoms with Crippen molar-refractivity contribution >= 4 is 0 Å². The SMILES string of the molecule is OC(CN1CCC2CCCCC21)c1ccccc1F. The summed E-state index contributed by atoms with van der Waals surface area (Å²) < 4.78 is 13.7. The van der Waals surface area contributed by atoms with Crippen LogP contribution in [0.15, 0.2) is 24.3 Å². The summed E-state index contributed by atoms with van der Waals surface area (Å²) in [5.41, 5.74) is 0.432.